The van der Waals surface area contributed by atoms with Crippen LogP contribution in [0.5, 0.6) is 0 Å². The maximum atomic E-state index is 12.3. The lowest BCUT2D eigenvalue weighted by molar-refractivity contribution is -0.148. The van der Waals surface area contributed by atoms with Crippen molar-refractivity contribution in [2.75, 3.05) is 0 Å². The molecule has 23 heavy (non-hydrogen) atoms. The fourth-order valence-corrected chi connectivity index (χ4v) is 2.47. The Morgan fingerprint density at radius 3 is 2.35 bits per heavy atom. The first kappa shape index (κ1) is 19.5. The van der Waals surface area contributed by atoms with Crippen LogP contribution in [0.4, 0.5) is 0 Å². The highest BCUT2D eigenvalue weighted by Gasteiger charge is 2.24. The number of halogens is 1. The number of carbonyl (C=O) groups excluding carboxylic acids is 2. The Labute approximate surface area is 143 Å². The van der Waals surface area contributed by atoms with Crippen molar-refractivity contribution in [3.63, 3.8) is 0 Å². The second kappa shape index (κ2) is 8.34. The zero-order valence-electron chi connectivity index (χ0n) is 14.5. The summed E-state index contributed by atoms with van der Waals surface area (Å²) in [5.74, 6) is -0.472. The Morgan fingerprint density at radius 2 is 1.83 bits per heavy atom. The zero-order valence-corrected chi connectivity index (χ0v) is 15.2. The summed E-state index contributed by atoms with van der Waals surface area (Å²) < 4.78 is 5.19. The van der Waals surface area contributed by atoms with E-state index in [4.69, 9.17) is 16.3 Å². The normalized spacial score (nSPS) is 12.8. The fourth-order valence-electron chi connectivity index (χ4n) is 2.20. The van der Waals surface area contributed by atoms with Crippen LogP contribution in [-0.2, 0) is 14.3 Å². The van der Waals surface area contributed by atoms with E-state index in [0.717, 1.165) is 5.56 Å². The standard InChI is InChI=1S/C18H26ClNO3/c1-12(2)23-17(22)10-15(13-8-6-7-9-14(13)19)20-16(21)11-18(3,4)5/h6-9,12,15H,10-11H2,1-5H3,(H,20,21). The average Bonchev–Trinajstić information content (AvgIpc) is 2.35. The predicted octanol–water partition coefficient (Wildman–Crippen LogP) is 4.28. The zero-order chi connectivity index (χ0) is 17.6. The number of amides is 1. The molecule has 0 saturated carbocycles. The number of hydrogen-bond donors (Lipinski definition) is 1. The molecule has 1 aromatic rings. The summed E-state index contributed by atoms with van der Waals surface area (Å²) in [6.45, 7) is 9.56. The number of rotatable bonds is 6. The third-order valence-electron chi connectivity index (χ3n) is 3.04. The summed E-state index contributed by atoms with van der Waals surface area (Å²) in [7, 11) is 0. The van der Waals surface area contributed by atoms with Crippen LogP contribution in [-0.4, -0.2) is 18.0 Å². The van der Waals surface area contributed by atoms with Crippen molar-refractivity contribution in [1.82, 2.24) is 5.32 Å². The van der Waals surface area contributed by atoms with Crippen LogP contribution in [0.3, 0.4) is 0 Å². The van der Waals surface area contributed by atoms with Crippen LogP contribution in [0.2, 0.25) is 5.02 Å². The Morgan fingerprint density at radius 1 is 1.22 bits per heavy atom. The van der Waals surface area contributed by atoms with E-state index in [1.54, 1.807) is 19.9 Å². The van der Waals surface area contributed by atoms with Crippen LogP contribution >= 0.6 is 11.6 Å². The molecule has 1 rings (SSSR count). The monoisotopic (exact) mass is 339 g/mol. The molecule has 0 bridgehead atoms. The van der Waals surface area contributed by atoms with Crippen molar-refractivity contribution in [2.45, 2.75) is 59.6 Å². The van der Waals surface area contributed by atoms with Crippen LogP contribution in [0, 0.1) is 5.41 Å². The Bertz CT molecular complexity index is 549. The van der Waals surface area contributed by atoms with Gasteiger partial charge >= 0.3 is 5.97 Å². The number of ether oxygens (including phenoxy) is 1. The average molecular weight is 340 g/mol. The van der Waals surface area contributed by atoms with Gasteiger partial charge in [0, 0.05) is 11.4 Å². The molecule has 5 heteroatoms. The summed E-state index contributed by atoms with van der Waals surface area (Å²) in [5, 5.41) is 3.43. The molecule has 0 spiro atoms. The van der Waals surface area contributed by atoms with Gasteiger partial charge in [0.2, 0.25) is 5.91 Å². The van der Waals surface area contributed by atoms with Gasteiger partial charge in [-0.3, -0.25) is 9.59 Å². The van der Waals surface area contributed by atoms with Crippen molar-refractivity contribution in [2.24, 2.45) is 5.41 Å². The SMILES string of the molecule is CC(C)OC(=O)CC(NC(=O)CC(C)(C)C)c1ccccc1Cl. The van der Waals surface area contributed by atoms with Crippen molar-refractivity contribution >= 4 is 23.5 Å². The van der Waals surface area contributed by atoms with Crippen molar-refractivity contribution in [3.05, 3.63) is 34.9 Å². The first-order valence-electron chi connectivity index (χ1n) is 7.82. The molecule has 0 aliphatic carbocycles. The van der Waals surface area contributed by atoms with Gasteiger partial charge in [-0.1, -0.05) is 50.6 Å². The van der Waals surface area contributed by atoms with Gasteiger partial charge in [-0.15, -0.1) is 0 Å². The van der Waals surface area contributed by atoms with Gasteiger partial charge in [0.15, 0.2) is 0 Å². The highest BCUT2D eigenvalue weighted by Crippen LogP contribution is 2.27. The second-order valence-corrected chi connectivity index (χ2v) is 7.53. The van der Waals surface area contributed by atoms with Gasteiger partial charge in [-0.25, -0.2) is 0 Å². The van der Waals surface area contributed by atoms with Crippen LogP contribution in [0.1, 0.15) is 59.1 Å². The van der Waals surface area contributed by atoms with E-state index >= 15 is 0 Å². The van der Waals surface area contributed by atoms with E-state index in [9.17, 15) is 9.59 Å². The maximum Gasteiger partial charge on any atom is 0.308 e. The molecule has 0 aromatic heterocycles. The summed E-state index contributed by atoms with van der Waals surface area (Å²) >= 11 is 6.22. The topological polar surface area (TPSA) is 55.4 Å². The third-order valence-corrected chi connectivity index (χ3v) is 3.39. The first-order chi connectivity index (χ1) is 10.6. The van der Waals surface area contributed by atoms with Gasteiger partial charge < -0.3 is 10.1 Å². The first-order valence-corrected chi connectivity index (χ1v) is 8.19. The molecule has 0 radical (unpaired) electrons. The summed E-state index contributed by atoms with van der Waals surface area (Å²) in [4.78, 5) is 24.2. The van der Waals surface area contributed by atoms with Crippen molar-refractivity contribution < 1.29 is 14.3 Å². The molecular formula is C18H26ClNO3. The van der Waals surface area contributed by atoms with Gasteiger partial charge in [0.05, 0.1) is 18.6 Å². The summed E-state index contributed by atoms with van der Waals surface area (Å²) in [6.07, 6.45) is 0.227. The van der Waals surface area contributed by atoms with Gasteiger partial charge in [0.1, 0.15) is 0 Å². The quantitative estimate of drug-likeness (QED) is 0.787. The van der Waals surface area contributed by atoms with Gasteiger partial charge in [-0.2, -0.15) is 0 Å². The molecule has 128 valence electrons. The fraction of sp³-hybridized carbons (Fsp3) is 0.556. The van der Waals surface area contributed by atoms with Crippen molar-refractivity contribution in [3.8, 4) is 0 Å². The lowest BCUT2D eigenvalue weighted by Gasteiger charge is -2.23. The number of benzene rings is 1. The summed E-state index contributed by atoms with van der Waals surface area (Å²) in [6, 6.07) is 6.70. The highest BCUT2D eigenvalue weighted by molar-refractivity contribution is 6.31. The Balaban J connectivity index is 2.91. The molecule has 1 unspecified atom stereocenters. The minimum Gasteiger partial charge on any atom is -0.463 e. The highest BCUT2D eigenvalue weighted by atomic mass is 35.5. The maximum absolute atomic E-state index is 12.3. The third kappa shape index (κ3) is 7.51. The summed E-state index contributed by atoms with van der Waals surface area (Å²) in [5.41, 5.74) is 0.588. The number of carbonyl (C=O) groups is 2. The molecule has 1 atom stereocenters. The largest absolute Gasteiger partial charge is 0.463 e. The second-order valence-electron chi connectivity index (χ2n) is 7.12. The van der Waals surface area contributed by atoms with Crippen molar-refractivity contribution in [1.29, 1.82) is 0 Å². The molecule has 1 amide bonds. The molecule has 1 N–H and O–H groups in total. The van der Waals surface area contributed by atoms with E-state index in [0.29, 0.717) is 11.4 Å². The van der Waals surface area contributed by atoms with E-state index in [1.807, 2.05) is 39.0 Å². The minimum absolute atomic E-state index is 0.0534. The van der Waals surface area contributed by atoms with E-state index in [-0.39, 0.29) is 29.8 Å². The lowest BCUT2D eigenvalue weighted by Crippen LogP contribution is -2.33. The molecule has 1 aromatic carbocycles. The van der Waals surface area contributed by atoms with Crippen LogP contribution in [0.15, 0.2) is 24.3 Å². The van der Waals surface area contributed by atoms with Gasteiger partial charge in [-0.05, 0) is 30.9 Å². The number of esters is 1. The molecule has 4 nitrogen and oxygen atoms in total. The van der Waals surface area contributed by atoms with E-state index in [2.05, 4.69) is 5.32 Å². The van der Waals surface area contributed by atoms with Crippen LogP contribution in [0.25, 0.3) is 0 Å². The molecule has 0 heterocycles. The lowest BCUT2D eigenvalue weighted by atomic mass is 9.91. The number of hydrogen-bond acceptors (Lipinski definition) is 3. The smallest absolute Gasteiger partial charge is 0.308 e. The minimum atomic E-state index is -0.496. The van der Waals surface area contributed by atoms with Gasteiger partial charge in [0.25, 0.3) is 0 Å². The van der Waals surface area contributed by atoms with Crippen LogP contribution < -0.4 is 5.32 Å². The number of nitrogens with one attached hydrogen (secondary N) is 1. The predicted molar refractivity (Wildman–Crippen MR) is 92.3 cm³/mol. The molecule has 0 aliphatic rings. The van der Waals surface area contributed by atoms with E-state index < -0.39 is 6.04 Å². The van der Waals surface area contributed by atoms with E-state index in [1.165, 1.54) is 0 Å². The molecule has 0 aliphatic heterocycles. The molecule has 0 saturated heterocycles. The Hall–Kier alpha value is -1.55. The molecular weight excluding hydrogens is 314 g/mol. The molecule has 0 fully saturated rings. The Kier molecular flexibility index (Phi) is 7.07.